The van der Waals surface area contributed by atoms with Crippen molar-refractivity contribution in [3.63, 3.8) is 0 Å². The van der Waals surface area contributed by atoms with E-state index in [0.717, 1.165) is 39.6 Å². The number of rotatable bonds is 7. The first kappa shape index (κ1) is 22.7. The molecule has 0 aliphatic rings. The van der Waals surface area contributed by atoms with Crippen molar-refractivity contribution < 1.29 is 9.15 Å². The summed E-state index contributed by atoms with van der Waals surface area (Å²) in [5.41, 5.74) is 5.96. The number of fused-ring (bicyclic) bond motifs is 3. The molecule has 0 unspecified atom stereocenters. The van der Waals surface area contributed by atoms with Gasteiger partial charge in [-0.15, -0.1) is 11.3 Å². The molecular weight excluding hydrogens is 454 g/mol. The number of para-hydroxylation sites is 1. The van der Waals surface area contributed by atoms with Crippen LogP contribution in [0.25, 0.3) is 38.8 Å². The molecule has 0 fully saturated rings. The third kappa shape index (κ3) is 4.64. The lowest BCUT2D eigenvalue weighted by Gasteiger charge is -2.08. The first-order valence-electron chi connectivity index (χ1n) is 11.5. The lowest BCUT2D eigenvalue weighted by Crippen LogP contribution is -1.95. The van der Waals surface area contributed by atoms with E-state index in [9.17, 15) is 5.26 Å². The maximum atomic E-state index is 9.81. The van der Waals surface area contributed by atoms with Gasteiger partial charge in [-0.1, -0.05) is 56.3 Å². The molecule has 174 valence electrons. The van der Waals surface area contributed by atoms with E-state index in [0.29, 0.717) is 27.9 Å². The summed E-state index contributed by atoms with van der Waals surface area (Å²) < 4.78 is 11.6. The van der Waals surface area contributed by atoms with Crippen LogP contribution in [-0.4, -0.2) is 12.1 Å². The van der Waals surface area contributed by atoms with Gasteiger partial charge in [-0.3, -0.25) is 0 Å². The van der Waals surface area contributed by atoms with E-state index in [1.807, 2.05) is 41.8 Å². The maximum Gasteiger partial charge on any atom is 0.143 e. The molecule has 0 radical (unpaired) electrons. The monoisotopic (exact) mass is 479 g/mol. The molecule has 0 aliphatic carbocycles. The van der Waals surface area contributed by atoms with Crippen LogP contribution < -0.4 is 10.1 Å². The van der Waals surface area contributed by atoms with Crippen molar-refractivity contribution in [1.82, 2.24) is 4.98 Å². The van der Waals surface area contributed by atoms with Crippen LogP contribution in [0.4, 0.5) is 5.69 Å². The van der Waals surface area contributed by atoms with E-state index < -0.39 is 0 Å². The van der Waals surface area contributed by atoms with E-state index in [2.05, 4.69) is 49.5 Å². The average Bonchev–Trinajstić information content (AvgIpc) is 3.49. The van der Waals surface area contributed by atoms with Crippen LogP contribution in [0.1, 0.15) is 24.4 Å². The van der Waals surface area contributed by atoms with E-state index in [1.54, 1.807) is 13.3 Å². The Hall–Kier alpha value is -4.08. The van der Waals surface area contributed by atoms with Gasteiger partial charge in [0.1, 0.15) is 33.6 Å². The van der Waals surface area contributed by atoms with Crippen LogP contribution in [-0.2, 0) is 6.42 Å². The summed E-state index contributed by atoms with van der Waals surface area (Å²) >= 11 is 1.45. The first-order chi connectivity index (χ1) is 17.1. The van der Waals surface area contributed by atoms with Gasteiger partial charge in [0, 0.05) is 34.0 Å². The van der Waals surface area contributed by atoms with Gasteiger partial charge in [0.2, 0.25) is 0 Å². The second-order valence-corrected chi connectivity index (χ2v) is 9.65. The van der Waals surface area contributed by atoms with Gasteiger partial charge in [0.05, 0.1) is 18.5 Å². The zero-order chi connectivity index (χ0) is 24.4. The molecule has 0 atom stereocenters. The molecule has 35 heavy (non-hydrogen) atoms. The van der Waals surface area contributed by atoms with Crippen molar-refractivity contribution in [3.8, 4) is 23.1 Å². The van der Waals surface area contributed by atoms with E-state index >= 15 is 0 Å². The quantitative estimate of drug-likeness (QED) is 0.240. The smallest absolute Gasteiger partial charge is 0.143 e. The van der Waals surface area contributed by atoms with E-state index in [1.165, 1.54) is 16.9 Å². The topological polar surface area (TPSA) is 71.1 Å². The number of aromatic nitrogens is 1. The zero-order valence-corrected chi connectivity index (χ0v) is 20.6. The molecule has 5 nitrogen and oxygen atoms in total. The van der Waals surface area contributed by atoms with Crippen molar-refractivity contribution in [2.45, 2.75) is 20.3 Å². The number of nitrogens with one attached hydrogen (secondary N) is 1. The molecule has 0 saturated heterocycles. The number of thiazole rings is 1. The number of nitriles is 1. The molecule has 1 N–H and O–H groups in total. The molecule has 0 amide bonds. The number of allylic oxidation sites excluding steroid dienone is 1. The summed E-state index contributed by atoms with van der Waals surface area (Å²) in [7, 11) is 1.63. The van der Waals surface area contributed by atoms with Gasteiger partial charge in [-0.05, 0) is 30.0 Å². The van der Waals surface area contributed by atoms with E-state index in [4.69, 9.17) is 14.1 Å². The fraction of sp³-hybridized carbons (Fsp3) is 0.172. The number of anilines is 1. The van der Waals surface area contributed by atoms with Crippen LogP contribution >= 0.6 is 11.3 Å². The minimum atomic E-state index is 0.449. The predicted molar refractivity (Wildman–Crippen MR) is 144 cm³/mol. The molecule has 0 spiro atoms. The Kier molecular flexibility index (Phi) is 6.26. The highest BCUT2D eigenvalue weighted by Crippen LogP contribution is 2.36. The van der Waals surface area contributed by atoms with Gasteiger partial charge < -0.3 is 14.5 Å². The van der Waals surface area contributed by atoms with Gasteiger partial charge in [0.25, 0.3) is 0 Å². The highest BCUT2D eigenvalue weighted by Gasteiger charge is 2.13. The highest BCUT2D eigenvalue weighted by atomic mass is 32.1. The highest BCUT2D eigenvalue weighted by molar-refractivity contribution is 7.11. The van der Waals surface area contributed by atoms with Crippen molar-refractivity contribution in [3.05, 3.63) is 82.8 Å². The minimum absolute atomic E-state index is 0.449. The predicted octanol–water partition coefficient (Wildman–Crippen LogP) is 7.89. The second-order valence-electron chi connectivity index (χ2n) is 8.79. The number of benzene rings is 3. The number of nitrogens with zero attached hydrogens (tertiary/aromatic N) is 2. The molecule has 5 rings (SSSR count). The number of ether oxygens (including phenoxy) is 1. The fourth-order valence-corrected chi connectivity index (χ4v) is 4.93. The molecule has 2 aromatic heterocycles. The van der Waals surface area contributed by atoms with Gasteiger partial charge in [0.15, 0.2) is 0 Å². The molecule has 2 heterocycles. The van der Waals surface area contributed by atoms with Crippen LogP contribution in [0.5, 0.6) is 5.75 Å². The fourth-order valence-electron chi connectivity index (χ4n) is 4.14. The lowest BCUT2D eigenvalue weighted by atomic mass is 10.0. The second kappa shape index (κ2) is 9.65. The Morgan fingerprint density at radius 3 is 2.66 bits per heavy atom. The van der Waals surface area contributed by atoms with E-state index in [-0.39, 0.29) is 0 Å². The van der Waals surface area contributed by atoms with Gasteiger partial charge in [-0.25, -0.2) is 4.98 Å². The average molecular weight is 480 g/mol. The first-order valence-corrected chi connectivity index (χ1v) is 12.3. The Morgan fingerprint density at radius 1 is 1.11 bits per heavy atom. The van der Waals surface area contributed by atoms with Gasteiger partial charge in [-0.2, -0.15) is 5.26 Å². The normalized spacial score (nSPS) is 11.8. The standard InChI is InChI=1S/C29H25N3O2S/c1-18(2)12-19-8-10-20(11-9-19)25-17-35-29(32-25)21(15-30)16-31-24-14-27-23(13-28(24)33-3)22-6-4-5-7-26(22)34-27/h4-11,13-14,16-18,31H,12H2,1-3H3/b21-16+. The summed E-state index contributed by atoms with van der Waals surface area (Å²) in [4.78, 5) is 4.71. The number of hydrogen-bond donors (Lipinski definition) is 1. The van der Waals surface area contributed by atoms with Gasteiger partial charge >= 0.3 is 0 Å². The molecular formula is C29H25N3O2S. The number of hydrogen-bond acceptors (Lipinski definition) is 6. The van der Waals surface area contributed by atoms with Crippen molar-refractivity contribution in [2.24, 2.45) is 5.92 Å². The van der Waals surface area contributed by atoms with Crippen LogP contribution in [0.3, 0.4) is 0 Å². The molecule has 5 aromatic rings. The third-order valence-corrected chi connectivity index (χ3v) is 6.70. The summed E-state index contributed by atoms with van der Waals surface area (Å²) in [6, 6.07) is 22.5. The molecule has 6 heteroatoms. The van der Waals surface area contributed by atoms with Crippen LogP contribution in [0, 0.1) is 17.2 Å². The SMILES string of the molecule is COc1cc2c(cc1N/C=C(\C#N)c1nc(-c3ccc(CC(C)C)cc3)cs1)oc1ccccc12. The summed E-state index contributed by atoms with van der Waals surface area (Å²) in [6.07, 6.45) is 2.72. The maximum absolute atomic E-state index is 9.81. The van der Waals surface area contributed by atoms with Crippen molar-refractivity contribution in [1.29, 1.82) is 5.26 Å². The Bertz CT molecular complexity index is 1570. The molecule has 0 aliphatic heterocycles. The summed E-state index contributed by atoms with van der Waals surface area (Å²) in [5.74, 6) is 1.28. The van der Waals surface area contributed by atoms with Crippen molar-refractivity contribution >= 4 is 44.5 Å². The molecule has 0 bridgehead atoms. The largest absolute Gasteiger partial charge is 0.495 e. The zero-order valence-electron chi connectivity index (χ0n) is 19.8. The van der Waals surface area contributed by atoms with Crippen LogP contribution in [0.15, 0.2) is 76.7 Å². The number of furan rings is 1. The minimum Gasteiger partial charge on any atom is -0.495 e. The molecule has 3 aromatic carbocycles. The Labute approximate surface area is 208 Å². The third-order valence-electron chi connectivity index (χ3n) is 5.82. The molecule has 0 saturated carbocycles. The Balaban J connectivity index is 1.41. The summed E-state index contributed by atoms with van der Waals surface area (Å²) in [6.45, 7) is 4.43. The van der Waals surface area contributed by atoms with Crippen molar-refractivity contribution in [2.75, 3.05) is 12.4 Å². The lowest BCUT2D eigenvalue weighted by molar-refractivity contribution is 0.417. The summed E-state index contributed by atoms with van der Waals surface area (Å²) in [5, 5.41) is 17.7. The number of methoxy groups -OCH3 is 1. The van der Waals surface area contributed by atoms with Crippen LogP contribution in [0.2, 0.25) is 0 Å². The Morgan fingerprint density at radius 2 is 1.91 bits per heavy atom.